The summed E-state index contributed by atoms with van der Waals surface area (Å²) in [5, 5.41) is 6.43. The monoisotopic (exact) mass is 468 g/mol. The van der Waals surface area contributed by atoms with Crippen molar-refractivity contribution in [1.29, 1.82) is 0 Å². The molecule has 34 heavy (non-hydrogen) atoms. The summed E-state index contributed by atoms with van der Waals surface area (Å²) in [4.78, 5) is 30.9. The molecule has 0 N–H and O–H groups in total. The summed E-state index contributed by atoms with van der Waals surface area (Å²) in [7, 11) is 0. The molecule has 0 radical (unpaired) electrons. The summed E-state index contributed by atoms with van der Waals surface area (Å²) in [6.07, 6.45) is 6.07. The third kappa shape index (κ3) is 3.71. The molecule has 0 aliphatic rings. The van der Waals surface area contributed by atoms with E-state index in [0.29, 0.717) is 28.7 Å². The second-order valence-electron chi connectivity index (χ2n) is 7.96. The average molecular weight is 469 g/mol. The summed E-state index contributed by atoms with van der Waals surface area (Å²) in [6, 6.07) is 15.0. The third-order valence-electron chi connectivity index (χ3n) is 5.66. The van der Waals surface area contributed by atoms with Gasteiger partial charge in [0.15, 0.2) is 16.6 Å². The van der Waals surface area contributed by atoms with E-state index in [0.717, 1.165) is 34.6 Å². The quantitative estimate of drug-likeness (QED) is 0.273. The second kappa shape index (κ2) is 8.38. The lowest BCUT2D eigenvalue weighted by Crippen LogP contribution is -2.14. The Labute approximate surface area is 198 Å². The van der Waals surface area contributed by atoms with Crippen LogP contribution in [0, 0.1) is 6.92 Å². The van der Waals surface area contributed by atoms with Gasteiger partial charge in [0.1, 0.15) is 5.65 Å². The van der Waals surface area contributed by atoms with Crippen molar-refractivity contribution in [3.05, 3.63) is 94.8 Å². The number of nitrogens with zero attached hydrogens (tertiary/aromatic N) is 8. The van der Waals surface area contributed by atoms with Gasteiger partial charge in [-0.3, -0.25) is 9.20 Å². The molecule has 0 amide bonds. The minimum Gasteiger partial charge on any atom is -0.334 e. The Hall–Kier alpha value is -4.05. The van der Waals surface area contributed by atoms with Crippen molar-refractivity contribution in [1.82, 2.24) is 38.5 Å². The molecular formula is C24H20N8OS. The highest BCUT2D eigenvalue weighted by Crippen LogP contribution is 2.26. The number of aryl methyl sites for hydroxylation is 3. The predicted octanol–water partition coefficient (Wildman–Crippen LogP) is 3.33. The first kappa shape index (κ1) is 20.5. The van der Waals surface area contributed by atoms with Gasteiger partial charge >= 0.3 is 0 Å². The number of aromatic nitrogens is 8. The van der Waals surface area contributed by atoms with Crippen LogP contribution in [-0.4, -0.2) is 38.5 Å². The van der Waals surface area contributed by atoms with Gasteiger partial charge in [0.2, 0.25) is 0 Å². The zero-order valence-electron chi connectivity index (χ0n) is 18.4. The summed E-state index contributed by atoms with van der Waals surface area (Å²) >= 11 is 1.49. The Kier molecular flexibility index (Phi) is 5.06. The first-order valence-electron chi connectivity index (χ1n) is 10.9. The molecule has 0 saturated heterocycles. The maximum atomic E-state index is 12.5. The Morgan fingerprint density at radius 2 is 1.91 bits per heavy atom. The molecule has 0 fully saturated rings. The van der Waals surface area contributed by atoms with E-state index in [9.17, 15) is 4.79 Å². The fourth-order valence-electron chi connectivity index (χ4n) is 3.93. The number of thioether (sulfide) groups is 1. The standard InChI is InChI=1S/C24H20N8OS/c1-16-13-25-15-30(16)11-9-20-28-23-18-6-2-3-7-19(18)27-24(32(23)29-20)34-14-17-12-22(33)31-10-5-4-8-21(31)26-17/h2-8,10,12-13,15H,9,11,14H2,1H3. The summed E-state index contributed by atoms with van der Waals surface area (Å²) in [6.45, 7) is 2.78. The van der Waals surface area contributed by atoms with Crippen molar-refractivity contribution < 1.29 is 0 Å². The minimum absolute atomic E-state index is 0.101. The summed E-state index contributed by atoms with van der Waals surface area (Å²) in [5.74, 6) is 1.24. The van der Waals surface area contributed by atoms with Gasteiger partial charge in [-0.2, -0.15) is 4.52 Å². The number of fused-ring (bicyclic) bond motifs is 4. The Bertz CT molecular complexity index is 1720. The van der Waals surface area contributed by atoms with Gasteiger partial charge in [-0.25, -0.2) is 19.9 Å². The Morgan fingerprint density at radius 1 is 1.03 bits per heavy atom. The van der Waals surface area contributed by atoms with Crippen molar-refractivity contribution in [3.63, 3.8) is 0 Å². The summed E-state index contributed by atoms with van der Waals surface area (Å²) in [5.41, 5.74) is 3.95. The van der Waals surface area contributed by atoms with Crippen LogP contribution in [0.15, 0.2) is 77.2 Å². The molecule has 0 atom stereocenters. The SMILES string of the molecule is Cc1cncn1CCc1nc2c3ccccc3nc(SCc3cc(=O)n4ccccc4n3)n2n1. The van der Waals surface area contributed by atoms with Crippen molar-refractivity contribution in [2.45, 2.75) is 30.8 Å². The number of hydrogen-bond donors (Lipinski definition) is 0. The minimum atomic E-state index is -0.101. The molecule has 6 rings (SSSR count). The number of rotatable bonds is 6. The van der Waals surface area contributed by atoms with Gasteiger partial charge in [-0.15, -0.1) is 5.10 Å². The predicted molar refractivity (Wildman–Crippen MR) is 130 cm³/mol. The Morgan fingerprint density at radius 3 is 2.79 bits per heavy atom. The van der Waals surface area contributed by atoms with E-state index in [1.807, 2.05) is 61.9 Å². The van der Waals surface area contributed by atoms with Crippen LogP contribution in [0.2, 0.25) is 0 Å². The maximum Gasteiger partial charge on any atom is 0.258 e. The van der Waals surface area contributed by atoms with Crippen LogP contribution in [0.25, 0.3) is 22.2 Å². The van der Waals surface area contributed by atoms with Gasteiger partial charge in [-0.05, 0) is 31.2 Å². The molecule has 1 aromatic carbocycles. The van der Waals surface area contributed by atoms with Gasteiger partial charge in [0.05, 0.1) is 17.5 Å². The molecule has 0 aliphatic heterocycles. The number of pyridine rings is 1. The van der Waals surface area contributed by atoms with Crippen LogP contribution in [0.3, 0.4) is 0 Å². The number of hydrogen-bond acceptors (Lipinski definition) is 7. The van der Waals surface area contributed by atoms with Gasteiger partial charge in [0, 0.05) is 48.3 Å². The van der Waals surface area contributed by atoms with Crippen molar-refractivity contribution in [2.24, 2.45) is 0 Å². The lowest BCUT2D eigenvalue weighted by Gasteiger charge is -2.07. The maximum absolute atomic E-state index is 12.5. The molecule has 10 heteroatoms. The number of benzene rings is 1. The number of imidazole rings is 1. The highest BCUT2D eigenvalue weighted by Gasteiger charge is 2.15. The molecule has 0 bridgehead atoms. The zero-order valence-corrected chi connectivity index (χ0v) is 19.2. The molecule has 6 aromatic rings. The lowest BCUT2D eigenvalue weighted by molar-refractivity contribution is 0.650. The fraction of sp³-hybridized carbons (Fsp3) is 0.167. The van der Waals surface area contributed by atoms with E-state index >= 15 is 0 Å². The molecule has 5 aromatic heterocycles. The zero-order chi connectivity index (χ0) is 23.1. The van der Waals surface area contributed by atoms with Crippen LogP contribution >= 0.6 is 11.8 Å². The molecule has 0 spiro atoms. The molecule has 5 heterocycles. The molecule has 9 nitrogen and oxygen atoms in total. The van der Waals surface area contributed by atoms with E-state index in [4.69, 9.17) is 15.1 Å². The van der Waals surface area contributed by atoms with E-state index in [1.165, 1.54) is 16.2 Å². The van der Waals surface area contributed by atoms with Gasteiger partial charge in [-0.1, -0.05) is 30.0 Å². The molecule has 0 aliphatic carbocycles. The van der Waals surface area contributed by atoms with E-state index in [2.05, 4.69) is 14.5 Å². The highest BCUT2D eigenvalue weighted by molar-refractivity contribution is 7.98. The fourth-order valence-corrected chi connectivity index (χ4v) is 4.77. The lowest BCUT2D eigenvalue weighted by atomic mass is 10.2. The van der Waals surface area contributed by atoms with Crippen LogP contribution in [0.4, 0.5) is 0 Å². The third-order valence-corrected chi connectivity index (χ3v) is 6.63. The number of para-hydroxylation sites is 1. The van der Waals surface area contributed by atoms with E-state index in [-0.39, 0.29) is 5.56 Å². The van der Waals surface area contributed by atoms with Crippen LogP contribution in [0.1, 0.15) is 17.2 Å². The Balaban J connectivity index is 1.35. The molecule has 0 unspecified atom stereocenters. The van der Waals surface area contributed by atoms with Crippen LogP contribution in [0.5, 0.6) is 0 Å². The second-order valence-corrected chi connectivity index (χ2v) is 8.90. The van der Waals surface area contributed by atoms with E-state index < -0.39 is 0 Å². The molecule has 168 valence electrons. The van der Waals surface area contributed by atoms with Gasteiger partial charge < -0.3 is 4.57 Å². The normalized spacial score (nSPS) is 11.7. The average Bonchev–Trinajstić information content (AvgIpc) is 3.47. The van der Waals surface area contributed by atoms with Crippen LogP contribution < -0.4 is 5.56 Å². The summed E-state index contributed by atoms with van der Waals surface area (Å²) < 4.78 is 5.42. The smallest absolute Gasteiger partial charge is 0.258 e. The first-order chi connectivity index (χ1) is 16.7. The molecule has 0 saturated carbocycles. The largest absolute Gasteiger partial charge is 0.334 e. The van der Waals surface area contributed by atoms with Crippen molar-refractivity contribution in [3.8, 4) is 0 Å². The van der Waals surface area contributed by atoms with Gasteiger partial charge in [0.25, 0.3) is 5.56 Å². The van der Waals surface area contributed by atoms with Crippen molar-refractivity contribution in [2.75, 3.05) is 0 Å². The topological polar surface area (TPSA) is 95.3 Å². The van der Waals surface area contributed by atoms with E-state index in [1.54, 1.807) is 16.8 Å². The van der Waals surface area contributed by atoms with Crippen LogP contribution in [-0.2, 0) is 18.7 Å². The molecular weight excluding hydrogens is 448 g/mol. The van der Waals surface area contributed by atoms with Crippen molar-refractivity contribution >= 4 is 34.0 Å². The first-order valence-corrected chi connectivity index (χ1v) is 11.9. The highest BCUT2D eigenvalue weighted by atomic mass is 32.2.